The molecule has 1 heterocycles. The Hall–Kier alpha value is -0.300. The Morgan fingerprint density at radius 2 is 2.00 bits per heavy atom. The van der Waals surface area contributed by atoms with Gasteiger partial charge in [-0.2, -0.15) is 0 Å². The Balaban J connectivity index is 2.53. The van der Waals surface area contributed by atoms with Crippen molar-refractivity contribution < 1.29 is 4.39 Å². The third-order valence-electron chi connectivity index (χ3n) is 2.81. The molecule has 1 aromatic heterocycles. The highest BCUT2D eigenvalue weighted by Gasteiger charge is 2.21. The molecule has 6 heteroatoms. The van der Waals surface area contributed by atoms with Gasteiger partial charge in [0.15, 0.2) is 0 Å². The van der Waals surface area contributed by atoms with Crippen LogP contribution < -0.4 is 5.32 Å². The van der Waals surface area contributed by atoms with E-state index >= 15 is 0 Å². The monoisotopic (exact) mass is 464 g/mol. The zero-order chi connectivity index (χ0) is 14.7. The summed E-state index contributed by atoms with van der Waals surface area (Å²) in [5.74, 6) is -0.268. The molecule has 1 unspecified atom stereocenters. The highest BCUT2D eigenvalue weighted by Crippen LogP contribution is 2.32. The molecule has 20 heavy (non-hydrogen) atoms. The Morgan fingerprint density at radius 3 is 2.65 bits per heavy atom. The maximum Gasteiger partial charge on any atom is 0.142 e. The topological polar surface area (TPSA) is 24.9 Å². The Labute approximate surface area is 142 Å². The summed E-state index contributed by atoms with van der Waals surface area (Å²) in [7, 11) is 0. The van der Waals surface area contributed by atoms with Gasteiger partial charge in [0.05, 0.1) is 16.2 Å². The summed E-state index contributed by atoms with van der Waals surface area (Å²) in [5.41, 5.74) is 1.32. The van der Waals surface area contributed by atoms with Crippen molar-refractivity contribution in [1.82, 2.24) is 10.3 Å². The highest BCUT2D eigenvalue weighted by molar-refractivity contribution is 9.11. The summed E-state index contributed by atoms with van der Waals surface area (Å²) in [6, 6.07) is 6.87. The van der Waals surface area contributed by atoms with Crippen molar-refractivity contribution in [2.24, 2.45) is 0 Å². The van der Waals surface area contributed by atoms with Crippen LogP contribution in [-0.4, -0.2) is 11.5 Å². The highest BCUT2D eigenvalue weighted by atomic mass is 79.9. The second-order valence-corrected chi connectivity index (χ2v) is 6.78. The molecule has 0 aliphatic carbocycles. The van der Waals surface area contributed by atoms with E-state index in [1.165, 1.54) is 0 Å². The van der Waals surface area contributed by atoms with Gasteiger partial charge >= 0.3 is 0 Å². The first kappa shape index (κ1) is 16.1. The van der Waals surface area contributed by atoms with Crippen LogP contribution in [0.1, 0.15) is 24.2 Å². The second kappa shape index (κ2) is 7.11. The standard InChI is InChI=1S/C14H12Br3FN2/c1-2-19-13(9-4-3-5-10(16)12(9)18)14-11(17)6-8(15)7-20-14/h3-7,13,19H,2H2,1H3. The van der Waals surface area contributed by atoms with E-state index in [-0.39, 0.29) is 11.9 Å². The molecular weight excluding hydrogens is 455 g/mol. The first-order chi connectivity index (χ1) is 9.54. The fourth-order valence-electron chi connectivity index (χ4n) is 1.94. The number of nitrogens with zero attached hydrogens (tertiary/aromatic N) is 1. The van der Waals surface area contributed by atoms with Gasteiger partial charge in [-0.25, -0.2) is 4.39 Å². The van der Waals surface area contributed by atoms with Gasteiger partial charge in [0, 0.05) is 20.7 Å². The molecular formula is C14H12Br3FN2. The quantitative estimate of drug-likeness (QED) is 0.669. The van der Waals surface area contributed by atoms with Gasteiger partial charge in [-0.1, -0.05) is 19.1 Å². The average Bonchev–Trinajstić information content (AvgIpc) is 2.40. The first-order valence-corrected chi connectivity index (χ1v) is 8.40. The third kappa shape index (κ3) is 3.47. The summed E-state index contributed by atoms with van der Waals surface area (Å²) in [4.78, 5) is 4.41. The van der Waals surface area contributed by atoms with Gasteiger partial charge in [0.2, 0.25) is 0 Å². The van der Waals surface area contributed by atoms with Crippen LogP contribution >= 0.6 is 47.8 Å². The predicted molar refractivity (Wildman–Crippen MR) is 89.3 cm³/mol. The summed E-state index contributed by atoms with van der Waals surface area (Å²) < 4.78 is 16.5. The van der Waals surface area contributed by atoms with Crippen LogP contribution in [0, 0.1) is 5.82 Å². The van der Waals surface area contributed by atoms with Crippen molar-refractivity contribution in [1.29, 1.82) is 0 Å². The number of pyridine rings is 1. The summed E-state index contributed by atoms with van der Waals surface area (Å²) in [6.45, 7) is 2.69. The molecule has 0 bridgehead atoms. The minimum Gasteiger partial charge on any atom is -0.305 e. The maximum atomic E-state index is 14.3. The van der Waals surface area contributed by atoms with E-state index in [1.54, 1.807) is 18.3 Å². The van der Waals surface area contributed by atoms with Gasteiger partial charge in [0.25, 0.3) is 0 Å². The number of halogens is 4. The van der Waals surface area contributed by atoms with Crippen molar-refractivity contribution in [2.45, 2.75) is 13.0 Å². The molecule has 2 nitrogen and oxygen atoms in total. The Morgan fingerprint density at radius 1 is 1.25 bits per heavy atom. The van der Waals surface area contributed by atoms with Gasteiger partial charge in [-0.15, -0.1) is 0 Å². The zero-order valence-electron chi connectivity index (χ0n) is 10.6. The molecule has 0 radical (unpaired) electrons. The molecule has 0 spiro atoms. The van der Waals surface area contributed by atoms with Crippen molar-refractivity contribution in [2.75, 3.05) is 6.54 Å². The van der Waals surface area contributed by atoms with Crippen LogP contribution in [0.5, 0.6) is 0 Å². The Bertz CT molecular complexity index is 619. The van der Waals surface area contributed by atoms with E-state index in [9.17, 15) is 4.39 Å². The molecule has 106 valence electrons. The molecule has 0 aliphatic heterocycles. The molecule has 1 N–H and O–H groups in total. The number of hydrogen-bond donors (Lipinski definition) is 1. The van der Waals surface area contributed by atoms with E-state index in [0.717, 1.165) is 14.6 Å². The van der Waals surface area contributed by atoms with E-state index in [0.29, 0.717) is 16.6 Å². The zero-order valence-corrected chi connectivity index (χ0v) is 15.4. The molecule has 0 aliphatic rings. The van der Waals surface area contributed by atoms with Crippen LogP contribution in [0.15, 0.2) is 43.9 Å². The van der Waals surface area contributed by atoms with E-state index in [2.05, 4.69) is 58.1 Å². The van der Waals surface area contributed by atoms with Crippen LogP contribution in [0.3, 0.4) is 0 Å². The van der Waals surface area contributed by atoms with Crippen LogP contribution in [0.4, 0.5) is 4.39 Å². The molecule has 2 rings (SSSR count). The molecule has 0 saturated carbocycles. The minimum atomic E-state index is -0.306. The van der Waals surface area contributed by atoms with Gasteiger partial charge in [-0.3, -0.25) is 4.98 Å². The lowest BCUT2D eigenvalue weighted by Crippen LogP contribution is -2.24. The SMILES string of the molecule is CCNC(c1cccc(Br)c1F)c1ncc(Br)cc1Br. The van der Waals surface area contributed by atoms with Crippen molar-refractivity contribution in [3.8, 4) is 0 Å². The maximum absolute atomic E-state index is 14.3. The summed E-state index contributed by atoms with van der Waals surface area (Å²) >= 11 is 10.1. The lowest BCUT2D eigenvalue weighted by atomic mass is 10.0. The largest absolute Gasteiger partial charge is 0.305 e. The molecule has 0 fully saturated rings. The van der Waals surface area contributed by atoms with Crippen molar-refractivity contribution in [3.05, 3.63) is 61.0 Å². The number of nitrogens with one attached hydrogen (secondary N) is 1. The van der Waals surface area contributed by atoms with Gasteiger partial charge in [-0.05, 0) is 66.5 Å². The predicted octanol–water partition coefficient (Wildman–Crippen LogP) is 5.21. The fourth-order valence-corrected chi connectivity index (χ4v) is 3.54. The molecule has 2 aromatic rings. The van der Waals surface area contributed by atoms with Crippen molar-refractivity contribution >= 4 is 47.8 Å². The summed E-state index contributed by atoms with van der Waals surface area (Å²) in [5, 5.41) is 3.27. The van der Waals surface area contributed by atoms with E-state index in [1.807, 2.05) is 19.1 Å². The molecule has 1 atom stereocenters. The number of aromatic nitrogens is 1. The lowest BCUT2D eigenvalue weighted by molar-refractivity contribution is 0.547. The third-order valence-corrected chi connectivity index (χ3v) is 4.49. The Kier molecular flexibility index (Phi) is 5.72. The normalized spacial score (nSPS) is 12.4. The van der Waals surface area contributed by atoms with Gasteiger partial charge < -0.3 is 5.32 Å². The second-order valence-electron chi connectivity index (χ2n) is 4.15. The smallest absolute Gasteiger partial charge is 0.142 e. The molecule has 1 aromatic carbocycles. The number of rotatable bonds is 4. The van der Waals surface area contributed by atoms with Crippen LogP contribution in [0.2, 0.25) is 0 Å². The number of benzene rings is 1. The lowest BCUT2D eigenvalue weighted by Gasteiger charge is -2.20. The van der Waals surface area contributed by atoms with Crippen LogP contribution in [0.25, 0.3) is 0 Å². The average molecular weight is 467 g/mol. The minimum absolute atomic E-state index is 0.268. The van der Waals surface area contributed by atoms with Crippen molar-refractivity contribution in [3.63, 3.8) is 0 Å². The van der Waals surface area contributed by atoms with Gasteiger partial charge in [0.1, 0.15) is 5.82 Å². The number of hydrogen-bond acceptors (Lipinski definition) is 2. The summed E-state index contributed by atoms with van der Waals surface area (Å²) in [6.07, 6.45) is 1.71. The molecule has 0 saturated heterocycles. The van der Waals surface area contributed by atoms with Crippen LogP contribution in [-0.2, 0) is 0 Å². The van der Waals surface area contributed by atoms with E-state index in [4.69, 9.17) is 0 Å². The molecule has 0 amide bonds. The fraction of sp³-hybridized carbons (Fsp3) is 0.214. The van der Waals surface area contributed by atoms with E-state index < -0.39 is 0 Å². The first-order valence-electron chi connectivity index (χ1n) is 6.02.